The zero-order valence-corrected chi connectivity index (χ0v) is 7.55. The first-order chi connectivity index (χ1) is 5.64. The summed E-state index contributed by atoms with van der Waals surface area (Å²) in [6.07, 6.45) is 5.42. The lowest BCUT2D eigenvalue weighted by atomic mass is 9.95. The van der Waals surface area contributed by atoms with Gasteiger partial charge in [0.15, 0.2) is 0 Å². The zero-order valence-electron chi connectivity index (χ0n) is 7.55. The lowest BCUT2D eigenvalue weighted by Crippen LogP contribution is -2.35. The van der Waals surface area contributed by atoms with Crippen molar-refractivity contribution in [2.24, 2.45) is 0 Å². The number of amides is 1. The van der Waals surface area contributed by atoms with Gasteiger partial charge in [-0.25, -0.2) is 0 Å². The van der Waals surface area contributed by atoms with Gasteiger partial charge in [-0.05, 0) is 26.2 Å². The lowest BCUT2D eigenvalue weighted by Gasteiger charge is -2.24. The van der Waals surface area contributed by atoms with Crippen LogP contribution in [0.1, 0.15) is 39.0 Å². The van der Waals surface area contributed by atoms with Crippen molar-refractivity contribution in [2.45, 2.75) is 50.7 Å². The summed E-state index contributed by atoms with van der Waals surface area (Å²) in [7, 11) is 0. The van der Waals surface area contributed by atoms with E-state index < -0.39 is 5.60 Å². The molecule has 0 radical (unpaired) electrons. The molecule has 0 bridgehead atoms. The van der Waals surface area contributed by atoms with Gasteiger partial charge in [0.05, 0.1) is 5.60 Å². The fourth-order valence-corrected chi connectivity index (χ4v) is 1.87. The first-order valence-corrected chi connectivity index (χ1v) is 4.56. The highest BCUT2D eigenvalue weighted by Gasteiger charge is 2.27. The number of hydrogen-bond donors (Lipinski definition) is 2. The minimum atomic E-state index is -0.586. The van der Waals surface area contributed by atoms with E-state index in [2.05, 4.69) is 5.32 Å². The van der Waals surface area contributed by atoms with Crippen molar-refractivity contribution >= 4 is 6.41 Å². The Balaban J connectivity index is 2.47. The minimum Gasteiger partial charge on any atom is -0.390 e. The smallest absolute Gasteiger partial charge is 0.207 e. The van der Waals surface area contributed by atoms with Crippen molar-refractivity contribution in [1.29, 1.82) is 0 Å². The maximum atomic E-state index is 10.2. The molecule has 0 aromatic heterocycles. The molecule has 1 amide bonds. The molecule has 1 fully saturated rings. The van der Waals surface area contributed by atoms with Crippen LogP contribution in [0.3, 0.4) is 0 Å². The molecule has 1 aliphatic rings. The normalized spacial score (nSPS) is 37.0. The van der Waals surface area contributed by atoms with Gasteiger partial charge in [-0.3, -0.25) is 4.79 Å². The van der Waals surface area contributed by atoms with Gasteiger partial charge in [-0.15, -0.1) is 0 Å². The van der Waals surface area contributed by atoms with Crippen molar-refractivity contribution in [2.75, 3.05) is 0 Å². The van der Waals surface area contributed by atoms with E-state index in [4.69, 9.17) is 0 Å². The van der Waals surface area contributed by atoms with E-state index in [9.17, 15) is 9.90 Å². The summed E-state index contributed by atoms with van der Waals surface area (Å²) in [5.41, 5.74) is -0.586. The third-order valence-corrected chi connectivity index (χ3v) is 2.51. The second-order valence-corrected chi connectivity index (χ2v) is 3.93. The van der Waals surface area contributed by atoms with Gasteiger partial charge in [0.25, 0.3) is 0 Å². The molecule has 1 rings (SSSR count). The van der Waals surface area contributed by atoms with Gasteiger partial charge in [0.2, 0.25) is 6.41 Å². The van der Waals surface area contributed by atoms with Crippen LogP contribution in [-0.4, -0.2) is 23.2 Å². The molecule has 1 aliphatic carbocycles. The van der Waals surface area contributed by atoms with Gasteiger partial charge in [-0.2, -0.15) is 0 Å². The van der Waals surface area contributed by atoms with Crippen LogP contribution < -0.4 is 5.32 Å². The largest absolute Gasteiger partial charge is 0.390 e. The zero-order chi connectivity index (χ0) is 9.03. The number of carbonyl (C=O) groups is 1. The number of hydrogen-bond acceptors (Lipinski definition) is 2. The maximum absolute atomic E-state index is 10.2. The van der Waals surface area contributed by atoms with Crippen LogP contribution in [-0.2, 0) is 4.79 Å². The molecule has 0 spiro atoms. The number of aliphatic hydroxyl groups is 1. The average Bonchev–Trinajstić information content (AvgIpc) is 2.11. The molecule has 1 saturated carbocycles. The molecule has 3 heteroatoms. The summed E-state index contributed by atoms with van der Waals surface area (Å²) in [6, 6.07) is 0.167. The molecule has 2 N–H and O–H groups in total. The van der Waals surface area contributed by atoms with Gasteiger partial charge in [0, 0.05) is 6.04 Å². The first-order valence-electron chi connectivity index (χ1n) is 4.56. The summed E-state index contributed by atoms with van der Waals surface area (Å²) >= 11 is 0. The Bertz CT molecular complexity index is 157. The predicted octanol–water partition coefficient (Wildman–Crippen LogP) is 0.816. The maximum Gasteiger partial charge on any atom is 0.207 e. The third-order valence-electron chi connectivity index (χ3n) is 2.51. The van der Waals surface area contributed by atoms with Gasteiger partial charge in [-0.1, -0.05) is 12.8 Å². The summed E-state index contributed by atoms with van der Waals surface area (Å²) < 4.78 is 0. The van der Waals surface area contributed by atoms with Crippen LogP contribution >= 0.6 is 0 Å². The molecule has 3 nitrogen and oxygen atoms in total. The Morgan fingerprint density at radius 3 is 3.00 bits per heavy atom. The Hall–Kier alpha value is -0.570. The van der Waals surface area contributed by atoms with Crippen molar-refractivity contribution in [1.82, 2.24) is 5.32 Å². The molecule has 0 heterocycles. The van der Waals surface area contributed by atoms with Crippen molar-refractivity contribution in [3.63, 3.8) is 0 Å². The summed E-state index contributed by atoms with van der Waals surface area (Å²) in [4.78, 5) is 10.2. The van der Waals surface area contributed by atoms with Crippen LogP contribution in [0.25, 0.3) is 0 Å². The highest BCUT2D eigenvalue weighted by molar-refractivity contribution is 5.46. The summed E-state index contributed by atoms with van der Waals surface area (Å²) in [5, 5.41) is 12.5. The fourth-order valence-electron chi connectivity index (χ4n) is 1.87. The van der Waals surface area contributed by atoms with Crippen LogP contribution in [0.2, 0.25) is 0 Å². The standard InChI is InChI=1S/C9H17NO2/c1-9(12)5-3-2-4-8(6-9)10-7-11/h7-8,12H,2-6H2,1H3,(H,10,11). The van der Waals surface area contributed by atoms with E-state index in [1.165, 1.54) is 0 Å². The molecule has 0 saturated heterocycles. The van der Waals surface area contributed by atoms with E-state index in [0.717, 1.165) is 32.1 Å². The summed E-state index contributed by atoms with van der Waals surface area (Å²) in [5.74, 6) is 0. The average molecular weight is 171 g/mol. The Morgan fingerprint density at radius 1 is 1.58 bits per heavy atom. The molecule has 70 valence electrons. The van der Waals surface area contributed by atoms with Crippen molar-refractivity contribution in [3.8, 4) is 0 Å². The topological polar surface area (TPSA) is 49.3 Å². The van der Waals surface area contributed by atoms with E-state index >= 15 is 0 Å². The van der Waals surface area contributed by atoms with E-state index in [0.29, 0.717) is 6.42 Å². The second-order valence-electron chi connectivity index (χ2n) is 3.93. The molecular weight excluding hydrogens is 154 g/mol. The lowest BCUT2D eigenvalue weighted by molar-refractivity contribution is -0.110. The van der Waals surface area contributed by atoms with E-state index in [1.807, 2.05) is 6.92 Å². The van der Waals surface area contributed by atoms with E-state index in [1.54, 1.807) is 0 Å². The molecule has 12 heavy (non-hydrogen) atoms. The molecule has 0 aliphatic heterocycles. The molecule has 0 aromatic rings. The second kappa shape index (κ2) is 3.90. The molecular formula is C9H17NO2. The van der Waals surface area contributed by atoms with Crippen molar-refractivity contribution in [3.05, 3.63) is 0 Å². The quantitative estimate of drug-likeness (QED) is 0.477. The molecule has 0 aromatic carbocycles. The van der Waals surface area contributed by atoms with Crippen LogP contribution in [0.15, 0.2) is 0 Å². The highest BCUT2D eigenvalue weighted by atomic mass is 16.3. The monoisotopic (exact) mass is 171 g/mol. The predicted molar refractivity (Wildman–Crippen MR) is 46.7 cm³/mol. The first kappa shape index (κ1) is 9.52. The molecule has 2 unspecified atom stereocenters. The number of carbonyl (C=O) groups excluding carboxylic acids is 1. The van der Waals surface area contributed by atoms with Gasteiger partial charge < -0.3 is 10.4 Å². The van der Waals surface area contributed by atoms with Crippen LogP contribution in [0.5, 0.6) is 0 Å². The highest BCUT2D eigenvalue weighted by Crippen LogP contribution is 2.26. The van der Waals surface area contributed by atoms with Crippen LogP contribution in [0, 0.1) is 0 Å². The Labute approximate surface area is 73.2 Å². The minimum absolute atomic E-state index is 0.167. The number of nitrogens with one attached hydrogen (secondary N) is 1. The third kappa shape index (κ3) is 2.81. The van der Waals surface area contributed by atoms with Crippen molar-refractivity contribution < 1.29 is 9.90 Å². The van der Waals surface area contributed by atoms with E-state index in [-0.39, 0.29) is 6.04 Å². The summed E-state index contributed by atoms with van der Waals surface area (Å²) in [6.45, 7) is 1.85. The molecule has 2 atom stereocenters. The Kier molecular flexibility index (Phi) is 3.09. The Morgan fingerprint density at radius 2 is 2.33 bits per heavy atom. The fraction of sp³-hybridized carbons (Fsp3) is 0.889. The van der Waals surface area contributed by atoms with Gasteiger partial charge in [0.1, 0.15) is 0 Å². The van der Waals surface area contributed by atoms with Gasteiger partial charge >= 0.3 is 0 Å². The number of rotatable bonds is 2. The SMILES string of the molecule is CC1(O)CCCCC(NC=O)C1. The van der Waals surface area contributed by atoms with Crippen LogP contribution in [0.4, 0.5) is 0 Å².